The number of benzene rings is 1. The molecule has 0 fully saturated rings. The average Bonchev–Trinajstić information content (AvgIpc) is 2.88. The smallest absolute Gasteiger partial charge is 0.267 e. The van der Waals surface area contributed by atoms with E-state index in [2.05, 4.69) is 14.5 Å². The highest BCUT2D eigenvalue weighted by Crippen LogP contribution is 2.26. The molecule has 1 atom stereocenters. The molecule has 2 aromatic rings. The molecule has 0 aliphatic heterocycles. The van der Waals surface area contributed by atoms with Gasteiger partial charge < -0.3 is 9.26 Å². The predicted octanol–water partition coefficient (Wildman–Crippen LogP) is 3.40. The maximum atomic E-state index is 11.5. The lowest BCUT2D eigenvalue weighted by Crippen LogP contribution is -2.04. The lowest BCUT2D eigenvalue weighted by atomic mass is 10.2. The van der Waals surface area contributed by atoms with E-state index in [9.17, 15) is 4.21 Å². The van der Waals surface area contributed by atoms with Gasteiger partial charge >= 0.3 is 0 Å². The SMILES string of the molecule is Cc1cc(Cl)ccc1O[C@@H](C)c1nc(CN=S(C)(C)=O)no1. The number of nitrogens with zero attached hydrogens (tertiary/aromatic N) is 3. The van der Waals surface area contributed by atoms with Crippen LogP contribution in [-0.4, -0.2) is 26.9 Å². The third-order valence-electron chi connectivity index (χ3n) is 2.79. The van der Waals surface area contributed by atoms with Crippen molar-refractivity contribution < 1.29 is 13.5 Å². The summed E-state index contributed by atoms with van der Waals surface area (Å²) in [5.74, 6) is 1.43. The first-order chi connectivity index (χ1) is 10.2. The van der Waals surface area contributed by atoms with E-state index in [1.165, 1.54) is 0 Å². The molecule has 0 saturated carbocycles. The second kappa shape index (κ2) is 6.66. The van der Waals surface area contributed by atoms with Gasteiger partial charge in [-0.25, -0.2) is 4.36 Å². The van der Waals surface area contributed by atoms with Crippen molar-refractivity contribution >= 4 is 21.3 Å². The molecule has 0 unspecified atom stereocenters. The minimum absolute atomic E-state index is 0.155. The molecule has 0 aliphatic rings. The lowest BCUT2D eigenvalue weighted by Gasteiger charge is -2.13. The van der Waals surface area contributed by atoms with Crippen molar-refractivity contribution in [3.8, 4) is 5.75 Å². The maximum absolute atomic E-state index is 11.5. The fourth-order valence-electron chi connectivity index (χ4n) is 1.70. The van der Waals surface area contributed by atoms with E-state index in [0.717, 1.165) is 5.56 Å². The highest BCUT2D eigenvalue weighted by molar-refractivity contribution is 7.92. The number of aryl methyl sites for hydroxylation is 1. The molecule has 8 heteroatoms. The molecule has 6 nitrogen and oxygen atoms in total. The molecular formula is C14H18ClN3O3S. The third-order valence-corrected chi connectivity index (χ3v) is 3.78. The van der Waals surface area contributed by atoms with Crippen LogP contribution in [0, 0.1) is 6.92 Å². The van der Waals surface area contributed by atoms with E-state index >= 15 is 0 Å². The Morgan fingerprint density at radius 3 is 2.82 bits per heavy atom. The van der Waals surface area contributed by atoms with Gasteiger partial charge in [-0.2, -0.15) is 4.98 Å². The highest BCUT2D eigenvalue weighted by Gasteiger charge is 2.17. The largest absolute Gasteiger partial charge is 0.481 e. The van der Waals surface area contributed by atoms with Crippen molar-refractivity contribution in [1.82, 2.24) is 10.1 Å². The zero-order valence-electron chi connectivity index (χ0n) is 12.9. The Kier molecular flexibility index (Phi) is 5.08. The van der Waals surface area contributed by atoms with Crippen molar-refractivity contribution in [2.24, 2.45) is 4.36 Å². The topological polar surface area (TPSA) is 77.6 Å². The number of ether oxygens (including phenoxy) is 1. The minimum atomic E-state index is -2.18. The van der Waals surface area contributed by atoms with Gasteiger partial charge in [-0.05, 0) is 37.6 Å². The minimum Gasteiger partial charge on any atom is -0.481 e. The van der Waals surface area contributed by atoms with Gasteiger partial charge in [0.15, 0.2) is 11.9 Å². The van der Waals surface area contributed by atoms with E-state index in [1.54, 1.807) is 24.6 Å². The number of hydrogen-bond acceptors (Lipinski definition) is 6. The Bertz CT molecular complexity index is 773. The quantitative estimate of drug-likeness (QED) is 0.831. The summed E-state index contributed by atoms with van der Waals surface area (Å²) in [5.41, 5.74) is 0.922. The molecule has 1 aromatic carbocycles. The Labute approximate surface area is 135 Å². The zero-order chi connectivity index (χ0) is 16.3. The van der Waals surface area contributed by atoms with E-state index in [1.807, 2.05) is 19.9 Å². The van der Waals surface area contributed by atoms with Crippen LogP contribution >= 0.6 is 11.6 Å². The fourth-order valence-corrected chi connectivity index (χ4v) is 2.35. The number of rotatable bonds is 5. The van der Waals surface area contributed by atoms with Gasteiger partial charge in [0.1, 0.15) is 12.3 Å². The first-order valence-electron chi connectivity index (χ1n) is 6.63. The van der Waals surface area contributed by atoms with Gasteiger partial charge in [0.2, 0.25) is 0 Å². The fraction of sp³-hybridized carbons (Fsp3) is 0.429. The third kappa shape index (κ3) is 4.71. The Balaban J connectivity index is 2.09. The van der Waals surface area contributed by atoms with Crippen molar-refractivity contribution in [2.75, 3.05) is 12.5 Å². The molecule has 0 spiro atoms. The summed E-state index contributed by atoms with van der Waals surface area (Å²) in [7, 11) is -2.18. The summed E-state index contributed by atoms with van der Waals surface area (Å²) in [6.45, 7) is 3.87. The summed E-state index contributed by atoms with van der Waals surface area (Å²) in [6.07, 6.45) is 2.71. The summed E-state index contributed by atoms with van der Waals surface area (Å²) in [6, 6.07) is 5.37. The summed E-state index contributed by atoms with van der Waals surface area (Å²) < 4.78 is 26.5. The first kappa shape index (κ1) is 16.8. The van der Waals surface area contributed by atoms with Gasteiger partial charge in [0, 0.05) is 27.3 Å². The van der Waals surface area contributed by atoms with Crippen LogP contribution in [0.25, 0.3) is 0 Å². The summed E-state index contributed by atoms with van der Waals surface area (Å²) >= 11 is 5.91. The molecule has 1 aromatic heterocycles. The van der Waals surface area contributed by atoms with E-state index in [-0.39, 0.29) is 6.54 Å². The van der Waals surface area contributed by atoms with Crippen molar-refractivity contribution in [2.45, 2.75) is 26.5 Å². The average molecular weight is 344 g/mol. The van der Waals surface area contributed by atoms with Crippen LogP contribution in [-0.2, 0) is 16.3 Å². The van der Waals surface area contributed by atoms with Crippen molar-refractivity contribution in [3.05, 3.63) is 40.5 Å². The lowest BCUT2D eigenvalue weighted by molar-refractivity contribution is 0.174. The number of aromatic nitrogens is 2. The first-order valence-corrected chi connectivity index (χ1v) is 9.34. The molecule has 0 radical (unpaired) electrons. The molecule has 0 aliphatic carbocycles. The molecule has 2 rings (SSSR count). The van der Waals surface area contributed by atoms with Crippen LogP contribution in [0.3, 0.4) is 0 Å². The molecule has 0 N–H and O–H groups in total. The molecule has 0 amide bonds. The summed E-state index contributed by atoms with van der Waals surface area (Å²) in [5, 5.41) is 4.47. The standard InChI is InChI=1S/C14H18ClN3O3S/c1-9-7-11(15)5-6-12(9)20-10(2)14-17-13(18-21-14)8-16-22(3,4)19/h5-7,10H,8H2,1-4H3/t10-/m0/s1. The van der Waals surface area contributed by atoms with E-state index in [4.69, 9.17) is 20.9 Å². The number of hydrogen-bond donors (Lipinski definition) is 0. The van der Waals surface area contributed by atoms with Gasteiger partial charge in [-0.1, -0.05) is 16.8 Å². The maximum Gasteiger partial charge on any atom is 0.267 e. The Morgan fingerprint density at radius 2 is 2.18 bits per heavy atom. The van der Waals surface area contributed by atoms with E-state index < -0.39 is 15.8 Å². The molecule has 22 heavy (non-hydrogen) atoms. The van der Waals surface area contributed by atoms with Crippen LogP contribution in [0.2, 0.25) is 5.02 Å². The second-order valence-electron chi connectivity index (χ2n) is 5.19. The van der Waals surface area contributed by atoms with E-state index in [0.29, 0.717) is 22.5 Å². The Morgan fingerprint density at radius 1 is 1.45 bits per heavy atom. The van der Waals surface area contributed by atoms with Crippen molar-refractivity contribution in [3.63, 3.8) is 0 Å². The monoisotopic (exact) mass is 343 g/mol. The predicted molar refractivity (Wildman–Crippen MR) is 85.7 cm³/mol. The van der Waals surface area contributed by atoms with Crippen LogP contribution < -0.4 is 4.74 Å². The van der Waals surface area contributed by atoms with Crippen LogP contribution in [0.1, 0.15) is 30.3 Å². The van der Waals surface area contributed by atoms with Crippen molar-refractivity contribution in [1.29, 1.82) is 0 Å². The van der Waals surface area contributed by atoms with Crippen LogP contribution in [0.5, 0.6) is 5.75 Å². The van der Waals surface area contributed by atoms with Crippen LogP contribution in [0.15, 0.2) is 27.1 Å². The van der Waals surface area contributed by atoms with Crippen LogP contribution in [0.4, 0.5) is 0 Å². The van der Waals surface area contributed by atoms with Gasteiger partial charge in [0.05, 0.1) is 0 Å². The zero-order valence-corrected chi connectivity index (χ0v) is 14.4. The molecule has 1 heterocycles. The van der Waals surface area contributed by atoms with Gasteiger partial charge in [0.25, 0.3) is 5.89 Å². The normalized spacial score (nSPS) is 13.0. The van der Waals surface area contributed by atoms with Gasteiger partial charge in [-0.15, -0.1) is 0 Å². The Hall–Kier alpha value is -1.60. The number of halogens is 1. The summed E-state index contributed by atoms with van der Waals surface area (Å²) in [4.78, 5) is 4.21. The second-order valence-corrected chi connectivity index (χ2v) is 8.24. The molecule has 0 bridgehead atoms. The van der Waals surface area contributed by atoms with Gasteiger partial charge in [-0.3, -0.25) is 4.21 Å². The molecule has 120 valence electrons. The molecular weight excluding hydrogens is 326 g/mol. The molecule has 0 saturated heterocycles. The highest BCUT2D eigenvalue weighted by atomic mass is 35.5.